The van der Waals surface area contributed by atoms with E-state index in [0.29, 0.717) is 10.4 Å². The molecule has 0 spiro atoms. The first kappa shape index (κ1) is 17.0. The van der Waals surface area contributed by atoms with Crippen LogP contribution >= 0.6 is 0 Å². The molecule has 0 aromatic heterocycles. The van der Waals surface area contributed by atoms with Gasteiger partial charge in [-0.05, 0) is 13.0 Å². The highest BCUT2D eigenvalue weighted by Gasteiger charge is 2.26. The molecule has 0 amide bonds. The zero-order chi connectivity index (χ0) is 16.4. The number of benzene rings is 1. The number of nitro benzene ring substituents is 1. The van der Waals surface area contributed by atoms with Gasteiger partial charge in [0, 0.05) is 19.7 Å². The van der Waals surface area contributed by atoms with Crippen molar-refractivity contribution in [1.29, 1.82) is 0 Å². The van der Waals surface area contributed by atoms with Crippen molar-refractivity contribution in [1.82, 2.24) is 4.31 Å². The van der Waals surface area contributed by atoms with E-state index in [4.69, 9.17) is 5.11 Å². The predicted molar refractivity (Wildman–Crippen MR) is 69.9 cm³/mol. The van der Waals surface area contributed by atoms with Crippen LogP contribution in [0.3, 0.4) is 0 Å². The standard InChI is InChI=1S/C11H13FN2O6S/c1-7-9(12)5-8(6-10(7)14(17)18)21(19,20)13(2)4-3-11(15)16/h5-6H,3-4H2,1-2H3,(H,15,16). The number of halogens is 1. The zero-order valence-corrected chi connectivity index (χ0v) is 12.1. The fraction of sp³-hybridized carbons (Fsp3) is 0.364. The summed E-state index contributed by atoms with van der Waals surface area (Å²) >= 11 is 0. The molecule has 0 aliphatic rings. The van der Waals surface area contributed by atoms with Crippen molar-refractivity contribution in [3.8, 4) is 0 Å². The highest BCUT2D eigenvalue weighted by molar-refractivity contribution is 7.89. The van der Waals surface area contributed by atoms with E-state index < -0.39 is 43.7 Å². The summed E-state index contributed by atoms with van der Waals surface area (Å²) in [5, 5.41) is 19.3. The van der Waals surface area contributed by atoms with Crippen molar-refractivity contribution in [2.75, 3.05) is 13.6 Å². The van der Waals surface area contributed by atoms with Crippen LogP contribution in [0.15, 0.2) is 17.0 Å². The van der Waals surface area contributed by atoms with Crippen LogP contribution < -0.4 is 0 Å². The minimum atomic E-state index is -4.20. The first-order valence-electron chi connectivity index (χ1n) is 5.70. The third kappa shape index (κ3) is 3.73. The highest BCUT2D eigenvalue weighted by atomic mass is 32.2. The van der Waals surface area contributed by atoms with Gasteiger partial charge in [0.15, 0.2) is 0 Å². The Labute approximate surface area is 120 Å². The molecule has 0 atom stereocenters. The van der Waals surface area contributed by atoms with E-state index >= 15 is 0 Å². The molecule has 0 fully saturated rings. The molecular weight excluding hydrogens is 307 g/mol. The zero-order valence-electron chi connectivity index (χ0n) is 11.2. The Kier molecular flexibility index (Phi) is 4.97. The lowest BCUT2D eigenvalue weighted by Gasteiger charge is -2.16. The number of aliphatic carboxylic acids is 1. The molecule has 0 bridgehead atoms. The minimum Gasteiger partial charge on any atom is -0.481 e. The number of nitro groups is 1. The molecule has 0 aliphatic carbocycles. The number of carboxylic acids is 1. The van der Waals surface area contributed by atoms with Crippen LogP contribution in [0.2, 0.25) is 0 Å². The third-order valence-corrected chi connectivity index (χ3v) is 4.67. The van der Waals surface area contributed by atoms with Gasteiger partial charge in [-0.3, -0.25) is 14.9 Å². The SMILES string of the molecule is Cc1c(F)cc(S(=O)(=O)N(C)CCC(=O)O)cc1[N+](=O)[O-]. The molecule has 1 aromatic carbocycles. The van der Waals surface area contributed by atoms with Crippen LogP contribution in [-0.2, 0) is 14.8 Å². The summed E-state index contributed by atoms with van der Waals surface area (Å²) in [6.45, 7) is 0.832. The van der Waals surface area contributed by atoms with Crippen molar-refractivity contribution in [2.45, 2.75) is 18.2 Å². The van der Waals surface area contributed by atoms with Crippen molar-refractivity contribution >= 4 is 21.7 Å². The van der Waals surface area contributed by atoms with Crippen molar-refractivity contribution in [3.05, 3.63) is 33.6 Å². The normalized spacial score (nSPS) is 11.6. The monoisotopic (exact) mass is 320 g/mol. The summed E-state index contributed by atoms with van der Waals surface area (Å²) in [6.07, 6.45) is -0.438. The fourth-order valence-electron chi connectivity index (χ4n) is 1.53. The first-order chi connectivity index (χ1) is 9.57. The Hall–Kier alpha value is -2.07. The van der Waals surface area contributed by atoms with Gasteiger partial charge in [-0.1, -0.05) is 0 Å². The summed E-state index contributed by atoms with van der Waals surface area (Å²) in [7, 11) is -3.09. The number of sulfonamides is 1. The van der Waals surface area contributed by atoms with Gasteiger partial charge in [-0.15, -0.1) is 0 Å². The van der Waals surface area contributed by atoms with Crippen LogP contribution in [0.1, 0.15) is 12.0 Å². The van der Waals surface area contributed by atoms with Crippen LogP contribution in [0, 0.1) is 22.9 Å². The van der Waals surface area contributed by atoms with E-state index in [-0.39, 0.29) is 12.1 Å². The van der Waals surface area contributed by atoms with Crippen LogP contribution in [0.4, 0.5) is 10.1 Å². The average molecular weight is 320 g/mol. The van der Waals surface area contributed by atoms with Gasteiger partial charge in [0.2, 0.25) is 10.0 Å². The van der Waals surface area contributed by atoms with E-state index in [1.165, 1.54) is 0 Å². The van der Waals surface area contributed by atoms with E-state index in [1.807, 2.05) is 0 Å². The molecule has 10 heteroatoms. The molecular formula is C11H13FN2O6S. The molecule has 1 rings (SSSR count). The second kappa shape index (κ2) is 6.14. The van der Waals surface area contributed by atoms with Crippen molar-refractivity contribution in [2.24, 2.45) is 0 Å². The Balaban J connectivity index is 3.26. The van der Waals surface area contributed by atoms with Crippen LogP contribution in [0.5, 0.6) is 0 Å². The smallest absolute Gasteiger partial charge is 0.304 e. The topological polar surface area (TPSA) is 118 Å². The summed E-state index contributed by atoms with van der Waals surface area (Å²) in [5.41, 5.74) is -0.924. The molecule has 1 aromatic rings. The summed E-state index contributed by atoms with van der Waals surface area (Å²) in [6, 6.07) is 1.43. The Morgan fingerprint density at radius 1 is 1.48 bits per heavy atom. The van der Waals surface area contributed by atoms with Crippen molar-refractivity contribution in [3.63, 3.8) is 0 Å². The maximum Gasteiger partial charge on any atom is 0.304 e. The van der Waals surface area contributed by atoms with Gasteiger partial charge >= 0.3 is 5.97 Å². The molecule has 0 unspecified atom stereocenters. The van der Waals surface area contributed by atoms with Crippen LogP contribution in [0.25, 0.3) is 0 Å². The maximum atomic E-state index is 13.6. The van der Waals surface area contributed by atoms with Gasteiger partial charge < -0.3 is 5.11 Å². The molecule has 0 saturated heterocycles. The van der Waals surface area contributed by atoms with E-state index in [0.717, 1.165) is 20.0 Å². The molecule has 21 heavy (non-hydrogen) atoms. The Bertz CT molecular complexity index is 688. The Morgan fingerprint density at radius 3 is 2.52 bits per heavy atom. The van der Waals surface area contributed by atoms with Gasteiger partial charge in [0.05, 0.1) is 21.8 Å². The minimum absolute atomic E-state index is 0.271. The molecule has 0 radical (unpaired) electrons. The quantitative estimate of drug-likeness (QED) is 0.620. The lowest BCUT2D eigenvalue weighted by atomic mass is 10.2. The summed E-state index contributed by atoms with van der Waals surface area (Å²) in [5.74, 6) is -2.22. The van der Waals surface area contributed by atoms with Crippen molar-refractivity contribution < 1.29 is 27.6 Å². The number of hydrogen-bond donors (Lipinski definition) is 1. The highest BCUT2D eigenvalue weighted by Crippen LogP contribution is 2.26. The van der Waals surface area contributed by atoms with Gasteiger partial charge in [0.25, 0.3) is 5.69 Å². The van der Waals surface area contributed by atoms with E-state index in [9.17, 15) is 27.7 Å². The number of carbonyl (C=O) groups is 1. The van der Waals surface area contributed by atoms with E-state index in [2.05, 4.69) is 0 Å². The number of carboxylic acid groups (broad SMARTS) is 1. The van der Waals surface area contributed by atoms with Crippen LogP contribution in [-0.4, -0.2) is 42.3 Å². The predicted octanol–water partition coefficient (Wildman–Crippen LogP) is 1.14. The second-order valence-corrected chi connectivity index (χ2v) is 6.32. The molecule has 0 aliphatic heterocycles. The summed E-state index contributed by atoms with van der Waals surface area (Å²) < 4.78 is 38.6. The lowest BCUT2D eigenvalue weighted by Crippen LogP contribution is -2.29. The summed E-state index contributed by atoms with van der Waals surface area (Å²) in [4.78, 5) is 19.8. The van der Waals surface area contributed by atoms with E-state index in [1.54, 1.807) is 0 Å². The fourth-order valence-corrected chi connectivity index (χ4v) is 2.74. The first-order valence-corrected chi connectivity index (χ1v) is 7.14. The number of hydrogen-bond acceptors (Lipinski definition) is 5. The van der Waals surface area contributed by atoms with Gasteiger partial charge in [-0.25, -0.2) is 17.1 Å². The Morgan fingerprint density at radius 2 is 2.05 bits per heavy atom. The largest absolute Gasteiger partial charge is 0.481 e. The molecule has 0 saturated carbocycles. The van der Waals surface area contributed by atoms with Gasteiger partial charge in [-0.2, -0.15) is 0 Å². The maximum absolute atomic E-state index is 13.6. The molecule has 116 valence electrons. The number of nitrogens with zero attached hydrogens (tertiary/aromatic N) is 2. The second-order valence-electron chi connectivity index (χ2n) is 4.28. The lowest BCUT2D eigenvalue weighted by molar-refractivity contribution is -0.385. The molecule has 8 nitrogen and oxygen atoms in total. The van der Waals surface area contributed by atoms with Gasteiger partial charge in [0.1, 0.15) is 5.82 Å². The molecule has 0 heterocycles. The number of rotatable bonds is 6. The third-order valence-electron chi connectivity index (χ3n) is 2.84. The average Bonchev–Trinajstić information content (AvgIpc) is 2.38. The molecule has 1 N–H and O–H groups in total.